The van der Waals surface area contributed by atoms with Crippen molar-refractivity contribution < 1.29 is 9.18 Å². The molecule has 5 heteroatoms. The fourth-order valence-corrected chi connectivity index (χ4v) is 2.32. The number of carbonyl (C=O) groups excluding carboxylic acids is 1. The van der Waals surface area contributed by atoms with Crippen molar-refractivity contribution >= 4 is 17.5 Å². The molecule has 0 spiro atoms. The molecule has 3 nitrogen and oxygen atoms in total. The van der Waals surface area contributed by atoms with Crippen LogP contribution in [-0.4, -0.2) is 21.1 Å². The minimum atomic E-state index is -0.271. The highest BCUT2D eigenvalue weighted by Gasteiger charge is 2.12. The first-order valence-corrected chi connectivity index (χ1v) is 6.62. The second-order valence-corrected chi connectivity index (χ2v) is 4.75. The van der Waals surface area contributed by atoms with Gasteiger partial charge in [0, 0.05) is 23.8 Å². The van der Waals surface area contributed by atoms with Crippen LogP contribution in [0.1, 0.15) is 17.5 Å². The van der Waals surface area contributed by atoms with Crippen molar-refractivity contribution in [1.29, 1.82) is 0 Å². The molecule has 0 saturated heterocycles. The Hall–Kier alpha value is -1.62. The van der Waals surface area contributed by atoms with Crippen molar-refractivity contribution in [2.75, 3.05) is 5.75 Å². The highest BCUT2D eigenvalue weighted by Crippen LogP contribution is 2.19. The molecule has 0 aliphatic rings. The lowest BCUT2D eigenvalue weighted by Gasteiger charge is -2.03. The maximum absolute atomic E-state index is 12.7. The van der Waals surface area contributed by atoms with E-state index in [4.69, 9.17) is 0 Å². The van der Waals surface area contributed by atoms with E-state index in [0.717, 1.165) is 11.4 Å². The molecule has 0 atom stereocenters. The van der Waals surface area contributed by atoms with Crippen LogP contribution in [0.3, 0.4) is 0 Å². The minimum absolute atomic E-state index is 0.0174. The van der Waals surface area contributed by atoms with Crippen molar-refractivity contribution in [3.63, 3.8) is 0 Å². The largest absolute Gasteiger partial charge is 0.329 e. The summed E-state index contributed by atoms with van der Waals surface area (Å²) < 4.78 is 14.5. The molecular formula is C13H13FN2OS. The van der Waals surface area contributed by atoms with Crippen molar-refractivity contribution in [3.8, 4) is 0 Å². The molecule has 0 radical (unpaired) electrons. The Kier molecular flexibility index (Phi) is 4.15. The van der Waals surface area contributed by atoms with Crippen LogP contribution in [0.25, 0.3) is 0 Å². The summed E-state index contributed by atoms with van der Waals surface area (Å²) in [4.78, 5) is 16.9. The number of rotatable bonds is 5. The van der Waals surface area contributed by atoms with E-state index in [1.54, 1.807) is 24.5 Å². The number of imidazole rings is 1. The average Bonchev–Trinajstić information content (AvgIpc) is 2.86. The molecule has 0 amide bonds. The number of carbonyl (C=O) groups is 1. The number of halogens is 1. The quantitative estimate of drug-likeness (QED) is 0.615. The second-order valence-electron chi connectivity index (χ2n) is 3.70. The van der Waals surface area contributed by atoms with Crippen molar-refractivity contribution in [1.82, 2.24) is 9.55 Å². The van der Waals surface area contributed by atoms with Crippen molar-refractivity contribution in [2.24, 2.45) is 0 Å². The van der Waals surface area contributed by atoms with Gasteiger partial charge in [-0.2, -0.15) is 0 Å². The van der Waals surface area contributed by atoms with Crippen LogP contribution >= 0.6 is 11.8 Å². The fraction of sp³-hybridized carbons (Fsp3) is 0.231. The number of hydrogen-bond acceptors (Lipinski definition) is 3. The topological polar surface area (TPSA) is 34.9 Å². The minimum Gasteiger partial charge on any atom is -0.329 e. The summed E-state index contributed by atoms with van der Waals surface area (Å²) in [5.41, 5.74) is 0. The molecule has 0 bridgehead atoms. The predicted octanol–water partition coefficient (Wildman–Crippen LogP) is 3.02. The van der Waals surface area contributed by atoms with E-state index in [0.29, 0.717) is 11.6 Å². The Morgan fingerprint density at radius 2 is 2.11 bits per heavy atom. The van der Waals surface area contributed by atoms with E-state index in [-0.39, 0.29) is 11.6 Å². The normalized spacial score (nSPS) is 10.6. The van der Waals surface area contributed by atoms with Crippen molar-refractivity contribution in [2.45, 2.75) is 18.4 Å². The smallest absolute Gasteiger partial charge is 0.208 e. The summed E-state index contributed by atoms with van der Waals surface area (Å²) in [7, 11) is 0. The SMILES string of the molecule is CCn1ccnc1C(=O)CSc1ccc(F)cc1. The lowest BCUT2D eigenvalue weighted by molar-refractivity contribution is 0.100. The molecule has 1 aromatic heterocycles. The maximum atomic E-state index is 12.7. The number of aromatic nitrogens is 2. The van der Waals surface area contributed by atoms with Gasteiger partial charge < -0.3 is 4.57 Å². The number of benzene rings is 1. The van der Waals surface area contributed by atoms with Gasteiger partial charge in [-0.25, -0.2) is 9.37 Å². The maximum Gasteiger partial charge on any atom is 0.208 e. The van der Waals surface area contributed by atoms with Crippen LogP contribution < -0.4 is 0 Å². The third kappa shape index (κ3) is 2.98. The summed E-state index contributed by atoms with van der Waals surface area (Å²) in [5.74, 6) is 0.498. The van der Waals surface area contributed by atoms with E-state index in [1.807, 2.05) is 11.5 Å². The summed E-state index contributed by atoms with van der Waals surface area (Å²) >= 11 is 1.39. The molecule has 0 aliphatic carbocycles. The molecule has 0 aliphatic heterocycles. The molecule has 0 N–H and O–H groups in total. The molecule has 94 valence electrons. The number of hydrogen-bond donors (Lipinski definition) is 0. The summed E-state index contributed by atoms with van der Waals surface area (Å²) in [6, 6.07) is 6.11. The van der Waals surface area contributed by atoms with Gasteiger partial charge in [0.05, 0.1) is 5.75 Å². The molecule has 0 fully saturated rings. The van der Waals surface area contributed by atoms with Gasteiger partial charge in [-0.3, -0.25) is 4.79 Å². The Morgan fingerprint density at radius 3 is 2.78 bits per heavy atom. The molecular weight excluding hydrogens is 251 g/mol. The Balaban J connectivity index is 1.98. The molecule has 0 unspecified atom stereocenters. The zero-order valence-corrected chi connectivity index (χ0v) is 10.8. The fourth-order valence-electron chi connectivity index (χ4n) is 1.56. The Bertz CT molecular complexity index is 536. The first-order valence-electron chi connectivity index (χ1n) is 5.63. The van der Waals surface area contributed by atoms with Gasteiger partial charge in [-0.05, 0) is 31.2 Å². The van der Waals surface area contributed by atoms with Crippen LogP contribution in [0, 0.1) is 5.82 Å². The standard InChI is InChI=1S/C13H13FN2OS/c1-2-16-8-7-15-13(16)12(17)9-18-11-5-3-10(14)4-6-11/h3-8H,2,9H2,1H3. The summed E-state index contributed by atoms with van der Waals surface area (Å²) in [5, 5.41) is 0. The molecule has 18 heavy (non-hydrogen) atoms. The van der Waals surface area contributed by atoms with E-state index in [2.05, 4.69) is 4.98 Å². The monoisotopic (exact) mass is 264 g/mol. The van der Waals surface area contributed by atoms with Crippen LogP contribution in [0.4, 0.5) is 4.39 Å². The third-order valence-electron chi connectivity index (χ3n) is 2.49. The van der Waals surface area contributed by atoms with Crippen LogP contribution in [0.5, 0.6) is 0 Å². The van der Waals surface area contributed by atoms with Gasteiger partial charge in [-0.1, -0.05) is 0 Å². The highest BCUT2D eigenvalue weighted by molar-refractivity contribution is 8.00. The lowest BCUT2D eigenvalue weighted by atomic mass is 10.3. The van der Waals surface area contributed by atoms with Crippen molar-refractivity contribution in [3.05, 3.63) is 48.3 Å². The van der Waals surface area contributed by atoms with Gasteiger partial charge in [0.15, 0.2) is 5.82 Å². The molecule has 1 aromatic carbocycles. The van der Waals surface area contributed by atoms with Gasteiger partial charge >= 0.3 is 0 Å². The Labute approximate surface area is 109 Å². The lowest BCUT2D eigenvalue weighted by Crippen LogP contribution is -2.11. The molecule has 2 aromatic rings. The van der Waals surface area contributed by atoms with Gasteiger partial charge in [0.1, 0.15) is 5.82 Å². The predicted molar refractivity (Wildman–Crippen MR) is 69.4 cm³/mol. The summed E-state index contributed by atoms with van der Waals surface area (Å²) in [6.45, 7) is 2.69. The zero-order chi connectivity index (χ0) is 13.0. The van der Waals surface area contributed by atoms with E-state index < -0.39 is 0 Å². The average molecular weight is 264 g/mol. The second kappa shape index (κ2) is 5.82. The Morgan fingerprint density at radius 1 is 1.39 bits per heavy atom. The first kappa shape index (κ1) is 12.8. The third-order valence-corrected chi connectivity index (χ3v) is 3.50. The van der Waals surface area contributed by atoms with Crippen LogP contribution in [0.2, 0.25) is 0 Å². The number of nitrogens with zero attached hydrogens (tertiary/aromatic N) is 2. The first-order chi connectivity index (χ1) is 8.70. The van der Waals surface area contributed by atoms with E-state index in [9.17, 15) is 9.18 Å². The molecule has 1 heterocycles. The summed E-state index contributed by atoms with van der Waals surface area (Å²) in [6.07, 6.45) is 3.41. The van der Waals surface area contributed by atoms with Crippen LogP contribution in [-0.2, 0) is 6.54 Å². The molecule has 0 saturated carbocycles. The van der Waals surface area contributed by atoms with E-state index >= 15 is 0 Å². The van der Waals surface area contributed by atoms with Gasteiger partial charge in [0.2, 0.25) is 5.78 Å². The number of Topliss-reactive ketones (excluding diaryl/α,β-unsaturated/α-hetero) is 1. The number of ketones is 1. The zero-order valence-electron chi connectivity index (χ0n) is 9.97. The number of aryl methyl sites for hydroxylation is 1. The molecule has 2 rings (SSSR count). The number of thioether (sulfide) groups is 1. The van der Waals surface area contributed by atoms with Crippen LogP contribution in [0.15, 0.2) is 41.6 Å². The van der Waals surface area contributed by atoms with Gasteiger partial charge in [-0.15, -0.1) is 11.8 Å². The highest BCUT2D eigenvalue weighted by atomic mass is 32.2. The van der Waals surface area contributed by atoms with Gasteiger partial charge in [0.25, 0.3) is 0 Å². The van der Waals surface area contributed by atoms with E-state index in [1.165, 1.54) is 23.9 Å².